The fraction of sp³-hybridized carbons (Fsp3) is 0.889. The van der Waals surface area contributed by atoms with Gasteiger partial charge in [0, 0.05) is 5.54 Å². The highest BCUT2D eigenvalue weighted by atomic mass is 16.4. The molecule has 72 valence electrons. The van der Waals surface area contributed by atoms with Crippen molar-refractivity contribution >= 4 is 5.97 Å². The minimum atomic E-state index is -0.774. The van der Waals surface area contributed by atoms with E-state index < -0.39 is 17.4 Å². The summed E-state index contributed by atoms with van der Waals surface area (Å²) in [6.07, 6.45) is 2.04. The molecule has 0 bridgehead atoms. The number of rotatable bonds is 5. The van der Waals surface area contributed by atoms with Crippen molar-refractivity contribution in [3.8, 4) is 0 Å². The van der Waals surface area contributed by atoms with Crippen LogP contribution in [0.2, 0.25) is 0 Å². The molecule has 1 unspecified atom stereocenters. The standard InChI is InChI=1S/C9H19NO2/c1-4-7(8(11)12)9(10,5-2)6-3/h7H,4-6,10H2,1-3H3,(H,11,12). The average molecular weight is 173 g/mol. The number of hydrogen-bond acceptors (Lipinski definition) is 2. The maximum absolute atomic E-state index is 10.8. The SMILES string of the molecule is CCC(C(=O)O)C(N)(CC)CC. The molecule has 3 nitrogen and oxygen atoms in total. The van der Waals surface area contributed by atoms with Crippen LogP contribution in [-0.2, 0) is 4.79 Å². The van der Waals surface area contributed by atoms with Gasteiger partial charge in [-0.1, -0.05) is 20.8 Å². The molecule has 3 N–H and O–H groups in total. The normalized spacial score (nSPS) is 14.3. The van der Waals surface area contributed by atoms with Crippen LogP contribution in [0.25, 0.3) is 0 Å². The lowest BCUT2D eigenvalue weighted by Gasteiger charge is -2.32. The summed E-state index contributed by atoms with van der Waals surface area (Å²) < 4.78 is 0. The van der Waals surface area contributed by atoms with Crippen molar-refractivity contribution < 1.29 is 9.90 Å². The maximum Gasteiger partial charge on any atom is 0.308 e. The minimum absolute atomic E-state index is 0.410. The van der Waals surface area contributed by atoms with Gasteiger partial charge in [-0.3, -0.25) is 4.79 Å². The highest BCUT2D eigenvalue weighted by Crippen LogP contribution is 2.25. The van der Waals surface area contributed by atoms with Gasteiger partial charge in [0.25, 0.3) is 0 Å². The van der Waals surface area contributed by atoms with E-state index >= 15 is 0 Å². The first-order valence-corrected chi connectivity index (χ1v) is 4.53. The van der Waals surface area contributed by atoms with Gasteiger partial charge < -0.3 is 10.8 Å². The molecule has 0 aliphatic rings. The Balaban J connectivity index is 4.54. The molecular formula is C9H19NO2. The summed E-state index contributed by atoms with van der Waals surface area (Å²) in [5.41, 5.74) is 5.44. The highest BCUT2D eigenvalue weighted by Gasteiger charge is 2.35. The lowest BCUT2D eigenvalue weighted by atomic mass is 9.79. The van der Waals surface area contributed by atoms with Gasteiger partial charge in [0.15, 0.2) is 0 Å². The Morgan fingerprint density at radius 1 is 1.42 bits per heavy atom. The third kappa shape index (κ3) is 2.21. The lowest BCUT2D eigenvalue weighted by molar-refractivity contribution is -0.144. The molecule has 0 radical (unpaired) electrons. The molecular weight excluding hydrogens is 154 g/mol. The third-order valence-electron chi connectivity index (χ3n) is 2.72. The second-order valence-corrected chi connectivity index (χ2v) is 3.24. The van der Waals surface area contributed by atoms with Crippen molar-refractivity contribution in [2.75, 3.05) is 0 Å². The first-order chi connectivity index (χ1) is 5.51. The summed E-state index contributed by atoms with van der Waals surface area (Å²) in [6, 6.07) is 0. The zero-order chi connectivity index (χ0) is 9.78. The van der Waals surface area contributed by atoms with Crippen LogP contribution in [0, 0.1) is 5.92 Å². The summed E-state index contributed by atoms with van der Waals surface area (Å²) in [7, 11) is 0. The smallest absolute Gasteiger partial charge is 0.308 e. The topological polar surface area (TPSA) is 63.3 Å². The molecule has 0 heterocycles. The van der Waals surface area contributed by atoms with Crippen molar-refractivity contribution in [1.82, 2.24) is 0 Å². The second-order valence-electron chi connectivity index (χ2n) is 3.24. The van der Waals surface area contributed by atoms with E-state index in [0.717, 1.165) is 0 Å². The molecule has 1 atom stereocenters. The molecule has 0 amide bonds. The molecule has 0 aromatic carbocycles. The molecule has 0 saturated heterocycles. The monoisotopic (exact) mass is 173 g/mol. The third-order valence-corrected chi connectivity index (χ3v) is 2.72. The number of nitrogens with two attached hydrogens (primary N) is 1. The predicted molar refractivity (Wildman–Crippen MR) is 48.9 cm³/mol. The average Bonchev–Trinajstić information content (AvgIpc) is 2.04. The summed E-state index contributed by atoms with van der Waals surface area (Å²) in [5.74, 6) is -1.18. The molecule has 0 aliphatic carbocycles. The molecule has 0 rings (SSSR count). The zero-order valence-electron chi connectivity index (χ0n) is 8.13. The van der Waals surface area contributed by atoms with E-state index in [-0.39, 0.29) is 0 Å². The van der Waals surface area contributed by atoms with Gasteiger partial charge >= 0.3 is 5.97 Å². The Kier molecular flexibility index (Phi) is 4.24. The van der Waals surface area contributed by atoms with Crippen molar-refractivity contribution in [1.29, 1.82) is 0 Å². The van der Waals surface area contributed by atoms with Gasteiger partial charge in [0.1, 0.15) is 0 Å². The summed E-state index contributed by atoms with van der Waals surface area (Å²) in [6.45, 7) is 5.75. The van der Waals surface area contributed by atoms with Crippen LogP contribution in [0.3, 0.4) is 0 Å². The van der Waals surface area contributed by atoms with E-state index in [9.17, 15) is 4.79 Å². The number of carboxylic acid groups (broad SMARTS) is 1. The van der Waals surface area contributed by atoms with Crippen molar-refractivity contribution in [2.24, 2.45) is 11.7 Å². The van der Waals surface area contributed by atoms with E-state index in [1.165, 1.54) is 0 Å². The van der Waals surface area contributed by atoms with Gasteiger partial charge in [0.2, 0.25) is 0 Å². The van der Waals surface area contributed by atoms with Gasteiger partial charge in [-0.05, 0) is 19.3 Å². The molecule has 0 spiro atoms. The molecule has 3 heteroatoms. The second kappa shape index (κ2) is 4.45. The van der Waals surface area contributed by atoms with Gasteiger partial charge in [0.05, 0.1) is 5.92 Å². The summed E-state index contributed by atoms with van der Waals surface area (Å²) >= 11 is 0. The molecule has 0 aromatic rings. The molecule has 0 fully saturated rings. The van der Waals surface area contributed by atoms with Gasteiger partial charge in [-0.25, -0.2) is 0 Å². The van der Waals surface area contributed by atoms with Crippen molar-refractivity contribution in [3.05, 3.63) is 0 Å². The minimum Gasteiger partial charge on any atom is -0.481 e. The van der Waals surface area contributed by atoms with E-state index in [4.69, 9.17) is 10.8 Å². The molecule has 0 aliphatic heterocycles. The summed E-state index contributed by atoms with van der Waals surface area (Å²) in [5, 5.41) is 8.89. The van der Waals surface area contributed by atoms with Crippen LogP contribution < -0.4 is 5.73 Å². The Morgan fingerprint density at radius 2 is 1.83 bits per heavy atom. The van der Waals surface area contributed by atoms with E-state index in [1.54, 1.807) is 0 Å². The van der Waals surface area contributed by atoms with Crippen LogP contribution in [0.1, 0.15) is 40.0 Å². The Bertz CT molecular complexity index is 153. The van der Waals surface area contributed by atoms with Crippen LogP contribution >= 0.6 is 0 Å². The van der Waals surface area contributed by atoms with E-state index in [0.29, 0.717) is 19.3 Å². The first kappa shape index (κ1) is 11.4. The zero-order valence-corrected chi connectivity index (χ0v) is 8.13. The highest BCUT2D eigenvalue weighted by molar-refractivity contribution is 5.71. The number of hydrogen-bond donors (Lipinski definition) is 2. The van der Waals surface area contributed by atoms with Crippen LogP contribution in [0.5, 0.6) is 0 Å². The molecule has 12 heavy (non-hydrogen) atoms. The van der Waals surface area contributed by atoms with E-state index in [1.807, 2.05) is 20.8 Å². The Hall–Kier alpha value is -0.570. The molecule has 0 aromatic heterocycles. The van der Waals surface area contributed by atoms with Crippen molar-refractivity contribution in [2.45, 2.75) is 45.6 Å². The van der Waals surface area contributed by atoms with Crippen molar-refractivity contribution in [3.63, 3.8) is 0 Å². The maximum atomic E-state index is 10.8. The predicted octanol–water partition coefficient (Wildman–Crippen LogP) is 1.61. The van der Waals surface area contributed by atoms with Crippen LogP contribution in [-0.4, -0.2) is 16.6 Å². The van der Waals surface area contributed by atoms with Crippen LogP contribution in [0.15, 0.2) is 0 Å². The summed E-state index contributed by atoms with van der Waals surface area (Å²) in [4.78, 5) is 10.8. The number of carboxylic acids is 1. The van der Waals surface area contributed by atoms with E-state index in [2.05, 4.69) is 0 Å². The van der Waals surface area contributed by atoms with Crippen LogP contribution in [0.4, 0.5) is 0 Å². The first-order valence-electron chi connectivity index (χ1n) is 4.53. The fourth-order valence-corrected chi connectivity index (χ4v) is 1.57. The fourth-order valence-electron chi connectivity index (χ4n) is 1.57. The molecule has 0 saturated carbocycles. The number of aliphatic carboxylic acids is 1. The lowest BCUT2D eigenvalue weighted by Crippen LogP contribution is -2.49. The Morgan fingerprint density at radius 3 is 1.92 bits per heavy atom. The number of carbonyl (C=O) groups is 1. The van der Waals surface area contributed by atoms with Gasteiger partial charge in [-0.2, -0.15) is 0 Å². The largest absolute Gasteiger partial charge is 0.481 e. The van der Waals surface area contributed by atoms with Gasteiger partial charge in [-0.15, -0.1) is 0 Å². The Labute approximate surface area is 74.0 Å². The quantitative estimate of drug-likeness (QED) is 0.664.